The molecule has 8 heteroatoms. The van der Waals surface area contributed by atoms with Crippen LogP contribution in [-0.2, 0) is 9.59 Å². The van der Waals surface area contributed by atoms with Crippen molar-refractivity contribution in [3.63, 3.8) is 0 Å². The van der Waals surface area contributed by atoms with Gasteiger partial charge in [0.15, 0.2) is 17.0 Å². The molecule has 2 amide bonds. The van der Waals surface area contributed by atoms with Crippen LogP contribution in [0.15, 0.2) is 36.5 Å². The normalized spacial score (nSPS) is 15.7. The summed E-state index contributed by atoms with van der Waals surface area (Å²) in [6, 6.07) is 8.19. The molecule has 0 saturated carbocycles. The van der Waals surface area contributed by atoms with Gasteiger partial charge in [-0.1, -0.05) is 11.6 Å². The highest BCUT2D eigenvalue weighted by Gasteiger charge is 2.29. The van der Waals surface area contributed by atoms with E-state index in [0.717, 1.165) is 0 Å². The van der Waals surface area contributed by atoms with Crippen molar-refractivity contribution in [2.75, 3.05) is 17.3 Å². The van der Waals surface area contributed by atoms with Crippen LogP contribution in [0.25, 0.3) is 0 Å². The van der Waals surface area contributed by atoms with Gasteiger partial charge in [0.25, 0.3) is 5.91 Å². The van der Waals surface area contributed by atoms with Crippen molar-refractivity contribution in [1.82, 2.24) is 4.98 Å². The quantitative estimate of drug-likeness (QED) is 0.629. The SMILES string of the molecule is CC1Oc2ccc(C(=O)CCC(=O)Nc3cccnc3Cl)cc2N(C)C1=O. The van der Waals surface area contributed by atoms with E-state index in [-0.39, 0.29) is 35.6 Å². The summed E-state index contributed by atoms with van der Waals surface area (Å²) < 4.78 is 5.54. The maximum Gasteiger partial charge on any atom is 0.267 e. The molecule has 0 saturated heterocycles. The van der Waals surface area contributed by atoms with Crippen LogP contribution in [-0.4, -0.2) is 35.7 Å². The van der Waals surface area contributed by atoms with Gasteiger partial charge in [0.2, 0.25) is 5.91 Å². The van der Waals surface area contributed by atoms with E-state index in [9.17, 15) is 14.4 Å². The van der Waals surface area contributed by atoms with Gasteiger partial charge in [-0.25, -0.2) is 4.98 Å². The van der Waals surface area contributed by atoms with E-state index in [2.05, 4.69) is 10.3 Å². The van der Waals surface area contributed by atoms with Gasteiger partial charge in [0.05, 0.1) is 11.4 Å². The number of nitrogens with one attached hydrogen (secondary N) is 1. The number of carbonyl (C=O) groups excluding carboxylic acids is 3. The van der Waals surface area contributed by atoms with Crippen LogP contribution in [0.2, 0.25) is 5.15 Å². The smallest absolute Gasteiger partial charge is 0.267 e. The summed E-state index contributed by atoms with van der Waals surface area (Å²) in [5.41, 5.74) is 1.35. The minimum absolute atomic E-state index is 0.00342. The van der Waals surface area contributed by atoms with Gasteiger partial charge in [-0.15, -0.1) is 0 Å². The van der Waals surface area contributed by atoms with E-state index >= 15 is 0 Å². The van der Waals surface area contributed by atoms with E-state index in [0.29, 0.717) is 22.7 Å². The molecule has 1 aliphatic heterocycles. The lowest BCUT2D eigenvalue weighted by molar-refractivity contribution is -0.125. The Morgan fingerprint density at radius 1 is 1.30 bits per heavy atom. The van der Waals surface area contributed by atoms with Gasteiger partial charge in [0.1, 0.15) is 5.75 Å². The molecule has 1 aliphatic rings. The molecular formula is C19H18ClN3O4. The van der Waals surface area contributed by atoms with E-state index in [4.69, 9.17) is 16.3 Å². The highest BCUT2D eigenvalue weighted by atomic mass is 35.5. The fraction of sp³-hybridized carbons (Fsp3) is 0.263. The lowest BCUT2D eigenvalue weighted by atomic mass is 10.0. The summed E-state index contributed by atoms with van der Waals surface area (Å²) in [5.74, 6) is -0.171. The van der Waals surface area contributed by atoms with Crippen LogP contribution < -0.4 is 15.0 Å². The first-order chi connectivity index (χ1) is 12.9. The second-order valence-corrected chi connectivity index (χ2v) is 6.51. The topological polar surface area (TPSA) is 88.6 Å². The first-order valence-corrected chi connectivity index (χ1v) is 8.76. The van der Waals surface area contributed by atoms with E-state index < -0.39 is 6.10 Å². The van der Waals surface area contributed by atoms with Crippen LogP contribution in [0, 0.1) is 0 Å². The van der Waals surface area contributed by atoms with Crippen LogP contribution >= 0.6 is 11.6 Å². The average molecular weight is 388 g/mol. The van der Waals surface area contributed by atoms with Crippen LogP contribution in [0.1, 0.15) is 30.1 Å². The van der Waals surface area contributed by atoms with E-state index in [1.165, 1.54) is 11.1 Å². The number of anilines is 2. The standard InChI is InChI=1S/C19H18ClN3O4/c1-11-19(26)23(2)14-10-12(5-7-16(14)27-11)15(24)6-8-17(25)22-13-4-3-9-21-18(13)20/h3-5,7,9-11H,6,8H2,1-2H3,(H,22,25). The maximum atomic E-state index is 12.4. The fourth-order valence-electron chi connectivity index (χ4n) is 2.75. The summed E-state index contributed by atoms with van der Waals surface area (Å²) in [5, 5.41) is 2.81. The van der Waals surface area contributed by atoms with Gasteiger partial charge in [-0.2, -0.15) is 0 Å². The Labute approximate surface area is 161 Å². The second-order valence-electron chi connectivity index (χ2n) is 6.15. The van der Waals surface area contributed by atoms with E-state index in [1.54, 1.807) is 44.3 Å². The van der Waals surface area contributed by atoms with Crippen LogP contribution in [0.3, 0.4) is 0 Å². The molecule has 1 unspecified atom stereocenters. The van der Waals surface area contributed by atoms with Crippen molar-refractivity contribution in [2.45, 2.75) is 25.9 Å². The van der Waals surface area contributed by atoms with Crippen molar-refractivity contribution in [3.05, 3.63) is 47.2 Å². The molecule has 0 spiro atoms. The van der Waals surface area contributed by atoms with Gasteiger partial charge in [0, 0.05) is 31.6 Å². The summed E-state index contributed by atoms with van der Waals surface area (Å²) in [4.78, 5) is 41.9. The second kappa shape index (κ2) is 7.75. The Morgan fingerprint density at radius 2 is 2.07 bits per heavy atom. The number of Topliss-reactive ketones (excluding diaryl/α,β-unsaturated/α-hetero) is 1. The number of fused-ring (bicyclic) bond motifs is 1. The first-order valence-electron chi connectivity index (χ1n) is 8.38. The Bertz CT molecular complexity index is 916. The molecule has 2 heterocycles. The predicted molar refractivity (Wildman–Crippen MR) is 101 cm³/mol. The Kier molecular flexibility index (Phi) is 5.41. The van der Waals surface area contributed by atoms with Crippen molar-refractivity contribution in [1.29, 1.82) is 0 Å². The van der Waals surface area contributed by atoms with Gasteiger partial charge in [-0.05, 0) is 37.3 Å². The predicted octanol–water partition coefficient (Wildman–Crippen LogP) is 3.08. The number of benzene rings is 1. The van der Waals surface area contributed by atoms with Gasteiger partial charge in [-0.3, -0.25) is 14.4 Å². The number of carbonyl (C=O) groups is 3. The highest BCUT2D eigenvalue weighted by Crippen LogP contribution is 2.34. The third-order valence-electron chi connectivity index (χ3n) is 4.24. The minimum atomic E-state index is -0.563. The summed E-state index contributed by atoms with van der Waals surface area (Å²) >= 11 is 5.89. The molecule has 140 valence electrons. The number of hydrogen-bond donors (Lipinski definition) is 1. The van der Waals surface area contributed by atoms with Crippen LogP contribution in [0.5, 0.6) is 5.75 Å². The Morgan fingerprint density at radius 3 is 2.81 bits per heavy atom. The molecule has 7 nitrogen and oxygen atoms in total. The van der Waals surface area contributed by atoms with Crippen molar-refractivity contribution in [2.24, 2.45) is 0 Å². The molecule has 0 aliphatic carbocycles. The fourth-order valence-corrected chi connectivity index (χ4v) is 2.91. The zero-order valence-corrected chi connectivity index (χ0v) is 15.6. The number of amides is 2. The third-order valence-corrected chi connectivity index (χ3v) is 4.54. The number of hydrogen-bond acceptors (Lipinski definition) is 5. The highest BCUT2D eigenvalue weighted by molar-refractivity contribution is 6.32. The number of ether oxygens (including phenoxy) is 1. The molecule has 0 bridgehead atoms. The van der Waals surface area contributed by atoms with Crippen molar-refractivity contribution >= 4 is 40.6 Å². The summed E-state index contributed by atoms with van der Waals surface area (Å²) in [6.07, 6.45) is 0.983. The van der Waals surface area contributed by atoms with Crippen molar-refractivity contribution in [3.8, 4) is 5.75 Å². The Balaban J connectivity index is 1.64. The minimum Gasteiger partial charge on any atom is -0.479 e. The Hall–Kier alpha value is -2.93. The number of nitrogens with zero attached hydrogens (tertiary/aromatic N) is 2. The zero-order chi connectivity index (χ0) is 19.6. The van der Waals surface area contributed by atoms with Crippen LogP contribution in [0.4, 0.5) is 11.4 Å². The molecule has 27 heavy (non-hydrogen) atoms. The molecule has 1 aromatic carbocycles. The monoisotopic (exact) mass is 387 g/mol. The molecule has 1 N–H and O–H groups in total. The lowest BCUT2D eigenvalue weighted by Gasteiger charge is -2.30. The molecule has 0 fully saturated rings. The lowest BCUT2D eigenvalue weighted by Crippen LogP contribution is -2.42. The average Bonchev–Trinajstić information content (AvgIpc) is 2.66. The maximum absolute atomic E-state index is 12.4. The zero-order valence-electron chi connectivity index (χ0n) is 14.9. The molecule has 1 atom stereocenters. The largest absolute Gasteiger partial charge is 0.479 e. The number of ketones is 1. The van der Waals surface area contributed by atoms with Gasteiger partial charge >= 0.3 is 0 Å². The molecular weight excluding hydrogens is 370 g/mol. The van der Waals surface area contributed by atoms with E-state index in [1.807, 2.05) is 0 Å². The number of rotatable bonds is 5. The number of aromatic nitrogens is 1. The summed E-state index contributed by atoms with van der Waals surface area (Å²) in [6.45, 7) is 1.67. The first kappa shape index (κ1) is 18.8. The molecule has 1 aromatic heterocycles. The molecule has 2 aromatic rings. The van der Waals surface area contributed by atoms with Gasteiger partial charge < -0.3 is 15.0 Å². The molecule has 0 radical (unpaired) electrons. The summed E-state index contributed by atoms with van der Waals surface area (Å²) in [7, 11) is 1.64. The number of halogens is 1. The third kappa shape index (κ3) is 4.09. The molecule has 3 rings (SSSR count). The van der Waals surface area contributed by atoms with Crippen molar-refractivity contribution < 1.29 is 19.1 Å². The number of likely N-dealkylation sites (N-methyl/N-ethyl adjacent to an activating group) is 1. The number of pyridine rings is 1.